The fourth-order valence-electron chi connectivity index (χ4n) is 1.88. The highest BCUT2D eigenvalue weighted by molar-refractivity contribution is 7.98. The first-order valence-electron chi connectivity index (χ1n) is 6.15. The zero-order chi connectivity index (χ0) is 14.7. The van der Waals surface area contributed by atoms with Crippen LogP contribution in [-0.2, 0) is 6.54 Å². The number of halogens is 1. The normalized spacial score (nSPS) is 10.6. The Labute approximate surface area is 127 Å². The van der Waals surface area contributed by atoms with Crippen molar-refractivity contribution in [3.63, 3.8) is 0 Å². The molecule has 0 saturated heterocycles. The lowest BCUT2D eigenvalue weighted by molar-refractivity contribution is 0.0775. The first kappa shape index (κ1) is 15.0. The summed E-state index contributed by atoms with van der Waals surface area (Å²) in [5, 5.41) is 0.468. The molecular formula is C15H16ClNO2S. The van der Waals surface area contributed by atoms with Crippen molar-refractivity contribution in [2.45, 2.75) is 18.4 Å². The van der Waals surface area contributed by atoms with E-state index >= 15 is 0 Å². The van der Waals surface area contributed by atoms with Crippen molar-refractivity contribution in [1.82, 2.24) is 4.90 Å². The molecule has 0 aliphatic rings. The lowest BCUT2D eigenvalue weighted by atomic mass is 10.2. The second kappa shape index (κ2) is 6.37. The average Bonchev–Trinajstić information content (AvgIpc) is 2.84. The summed E-state index contributed by atoms with van der Waals surface area (Å²) in [5.41, 5.74) is 0.518. The fraction of sp³-hybridized carbons (Fsp3) is 0.267. The Morgan fingerprint density at radius 3 is 2.70 bits per heavy atom. The Balaban J connectivity index is 2.17. The summed E-state index contributed by atoms with van der Waals surface area (Å²) in [6.45, 7) is 2.30. The molecule has 0 saturated carbocycles. The largest absolute Gasteiger partial charge is 0.464 e. The van der Waals surface area contributed by atoms with Crippen LogP contribution in [0.1, 0.15) is 21.9 Å². The molecule has 0 unspecified atom stereocenters. The molecule has 0 fully saturated rings. The van der Waals surface area contributed by atoms with Crippen LogP contribution in [0.4, 0.5) is 0 Å². The number of aryl methyl sites for hydroxylation is 1. The van der Waals surface area contributed by atoms with Gasteiger partial charge in [0.15, 0.2) is 0 Å². The van der Waals surface area contributed by atoms with Crippen LogP contribution in [0.5, 0.6) is 0 Å². The molecule has 2 rings (SSSR count). The van der Waals surface area contributed by atoms with Gasteiger partial charge in [0.25, 0.3) is 5.91 Å². The Morgan fingerprint density at radius 1 is 1.35 bits per heavy atom. The van der Waals surface area contributed by atoms with Crippen LogP contribution >= 0.6 is 23.4 Å². The van der Waals surface area contributed by atoms with Gasteiger partial charge in [-0.25, -0.2) is 0 Å². The van der Waals surface area contributed by atoms with E-state index in [-0.39, 0.29) is 5.91 Å². The number of carbonyl (C=O) groups is 1. The van der Waals surface area contributed by atoms with Crippen molar-refractivity contribution < 1.29 is 9.21 Å². The first-order valence-corrected chi connectivity index (χ1v) is 7.76. The van der Waals surface area contributed by atoms with Gasteiger partial charge in [-0.3, -0.25) is 4.79 Å². The number of thioether (sulfide) groups is 1. The molecule has 1 aromatic heterocycles. The number of hydrogen-bond donors (Lipinski definition) is 0. The number of nitrogens with zero attached hydrogens (tertiary/aromatic N) is 1. The van der Waals surface area contributed by atoms with Crippen LogP contribution in [-0.4, -0.2) is 24.1 Å². The molecule has 0 bridgehead atoms. The second-order valence-electron chi connectivity index (χ2n) is 4.52. The van der Waals surface area contributed by atoms with Crippen LogP contribution in [0.2, 0.25) is 5.02 Å². The SMILES string of the molecule is CSc1ccc(Cl)c(C(=O)N(C)Cc2ccc(C)o2)c1. The van der Waals surface area contributed by atoms with Gasteiger partial charge in [-0.05, 0) is 43.5 Å². The van der Waals surface area contributed by atoms with Gasteiger partial charge < -0.3 is 9.32 Å². The highest BCUT2D eigenvalue weighted by Crippen LogP contribution is 2.24. The van der Waals surface area contributed by atoms with Gasteiger partial charge in [0.2, 0.25) is 0 Å². The third-order valence-corrected chi connectivity index (χ3v) is 3.99. The molecular weight excluding hydrogens is 294 g/mol. The smallest absolute Gasteiger partial charge is 0.255 e. The summed E-state index contributed by atoms with van der Waals surface area (Å²) >= 11 is 7.70. The van der Waals surface area contributed by atoms with E-state index in [1.165, 1.54) is 0 Å². The van der Waals surface area contributed by atoms with Gasteiger partial charge in [-0.15, -0.1) is 11.8 Å². The highest BCUT2D eigenvalue weighted by Gasteiger charge is 2.17. The molecule has 2 aromatic rings. The van der Waals surface area contributed by atoms with E-state index < -0.39 is 0 Å². The van der Waals surface area contributed by atoms with Gasteiger partial charge in [0, 0.05) is 11.9 Å². The molecule has 1 aromatic carbocycles. The highest BCUT2D eigenvalue weighted by atomic mass is 35.5. The van der Waals surface area contributed by atoms with Crippen LogP contribution < -0.4 is 0 Å². The molecule has 106 valence electrons. The zero-order valence-corrected chi connectivity index (χ0v) is 13.2. The molecule has 3 nitrogen and oxygen atoms in total. The minimum absolute atomic E-state index is 0.111. The minimum atomic E-state index is -0.111. The van der Waals surface area contributed by atoms with E-state index in [2.05, 4.69) is 0 Å². The van der Waals surface area contributed by atoms with Crippen molar-refractivity contribution in [2.75, 3.05) is 13.3 Å². The number of amides is 1. The average molecular weight is 310 g/mol. The monoisotopic (exact) mass is 309 g/mol. The van der Waals surface area contributed by atoms with Crippen molar-refractivity contribution in [1.29, 1.82) is 0 Å². The maximum atomic E-state index is 12.4. The van der Waals surface area contributed by atoms with Crippen molar-refractivity contribution in [2.24, 2.45) is 0 Å². The molecule has 1 amide bonds. The Kier molecular flexibility index (Phi) is 4.78. The van der Waals surface area contributed by atoms with Crippen molar-refractivity contribution in [3.8, 4) is 0 Å². The second-order valence-corrected chi connectivity index (χ2v) is 5.81. The Bertz CT molecular complexity index is 624. The molecule has 20 heavy (non-hydrogen) atoms. The Hall–Kier alpha value is -1.39. The lowest BCUT2D eigenvalue weighted by Crippen LogP contribution is -2.26. The van der Waals surface area contributed by atoms with Crippen LogP contribution in [0.3, 0.4) is 0 Å². The van der Waals surface area contributed by atoms with E-state index in [1.54, 1.807) is 29.8 Å². The summed E-state index contributed by atoms with van der Waals surface area (Å²) in [6, 6.07) is 9.23. The predicted octanol–water partition coefficient (Wildman–Crippen LogP) is 4.24. The third kappa shape index (κ3) is 3.38. The number of carbonyl (C=O) groups excluding carboxylic acids is 1. The number of benzene rings is 1. The van der Waals surface area contributed by atoms with E-state index in [1.807, 2.05) is 37.4 Å². The molecule has 0 atom stereocenters. The first-order chi connectivity index (χ1) is 9.51. The molecule has 0 spiro atoms. The molecule has 1 heterocycles. The van der Waals surface area contributed by atoms with Crippen LogP contribution in [0.25, 0.3) is 0 Å². The van der Waals surface area contributed by atoms with Gasteiger partial charge in [-0.1, -0.05) is 11.6 Å². The maximum Gasteiger partial charge on any atom is 0.255 e. The number of hydrogen-bond acceptors (Lipinski definition) is 3. The van der Waals surface area contributed by atoms with Crippen molar-refractivity contribution >= 4 is 29.3 Å². The fourth-order valence-corrected chi connectivity index (χ4v) is 2.51. The van der Waals surface area contributed by atoms with E-state index in [9.17, 15) is 4.79 Å². The molecule has 5 heteroatoms. The molecule has 0 aliphatic heterocycles. The van der Waals surface area contributed by atoms with Gasteiger partial charge >= 0.3 is 0 Å². The van der Waals surface area contributed by atoms with E-state index in [0.717, 1.165) is 16.4 Å². The standard InChI is InChI=1S/C15H16ClNO2S/c1-10-4-5-11(19-10)9-17(2)15(18)13-8-12(20-3)6-7-14(13)16/h4-8H,9H2,1-3H3. The van der Waals surface area contributed by atoms with Gasteiger partial charge in [0.05, 0.1) is 17.1 Å². The zero-order valence-electron chi connectivity index (χ0n) is 11.6. The maximum absolute atomic E-state index is 12.4. The molecule has 0 aliphatic carbocycles. The van der Waals surface area contributed by atoms with E-state index in [0.29, 0.717) is 17.1 Å². The predicted molar refractivity (Wildman–Crippen MR) is 82.5 cm³/mol. The summed E-state index contributed by atoms with van der Waals surface area (Å²) < 4.78 is 5.48. The van der Waals surface area contributed by atoms with E-state index in [4.69, 9.17) is 16.0 Å². The topological polar surface area (TPSA) is 33.5 Å². The summed E-state index contributed by atoms with van der Waals surface area (Å²) in [5.74, 6) is 1.48. The van der Waals surface area contributed by atoms with Crippen molar-refractivity contribution in [3.05, 3.63) is 52.4 Å². The number of rotatable bonds is 4. The third-order valence-electron chi connectivity index (χ3n) is 2.94. The van der Waals surface area contributed by atoms with Crippen LogP contribution in [0, 0.1) is 6.92 Å². The molecule has 0 N–H and O–H groups in total. The summed E-state index contributed by atoms with van der Waals surface area (Å²) in [7, 11) is 1.74. The summed E-state index contributed by atoms with van der Waals surface area (Å²) in [4.78, 5) is 15.1. The number of furan rings is 1. The minimum Gasteiger partial charge on any atom is -0.464 e. The van der Waals surface area contributed by atoms with Gasteiger partial charge in [-0.2, -0.15) is 0 Å². The lowest BCUT2D eigenvalue weighted by Gasteiger charge is -2.17. The quantitative estimate of drug-likeness (QED) is 0.792. The van der Waals surface area contributed by atoms with Gasteiger partial charge in [0.1, 0.15) is 11.5 Å². The van der Waals surface area contributed by atoms with Crippen LogP contribution in [0.15, 0.2) is 39.6 Å². The Morgan fingerprint density at radius 2 is 2.10 bits per heavy atom. The molecule has 0 radical (unpaired) electrons. The summed E-state index contributed by atoms with van der Waals surface area (Å²) in [6.07, 6.45) is 1.97.